The number of nitrogens with zero attached hydrogens (tertiary/aromatic N) is 1. The lowest BCUT2D eigenvalue weighted by Gasteiger charge is -2.24. The first kappa shape index (κ1) is 21.7. The Labute approximate surface area is 179 Å². The van der Waals surface area contributed by atoms with Crippen LogP contribution in [0.15, 0.2) is 24.3 Å². The lowest BCUT2D eigenvalue weighted by molar-refractivity contribution is 0.0583. The SMILES string of the molecule is CC(C)(C)OC(=O)N1CCc2c1ccc1[nH]c(C(=O)Oc3cc(F)c(F)c(F)c3F)cc21. The lowest BCUT2D eigenvalue weighted by atomic mass is 10.1. The molecule has 0 atom stereocenters. The number of aromatic amines is 1. The van der Waals surface area contributed by atoms with Gasteiger partial charge in [-0.1, -0.05) is 0 Å². The van der Waals surface area contributed by atoms with Crippen molar-refractivity contribution in [2.75, 3.05) is 11.4 Å². The van der Waals surface area contributed by atoms with Crippen LogP contribution in [-0.2, 0) is 11.2 Å². The van der Waals surface area contributed by atoms with E-state index in [1.54, 1.807) is 32.9 Å². The molecule has 0 fully saturated rings. The Hall–Kier alpha value is -3.56. The number of halogens is 4. The Balaban J connectivity index is 1.63. The predicted molar refractivity (Wildman–Crippen MR) is 107 cm³/mol. The predicted octanol–water partition coefficient (Wildman–Crippen LogP) is 5.24. The van der Waals surface area contributed by atoms with Crippen LogP contribution in [0.5, 0.6) is 5.75 Å². The zero-order chi connectivity index (χ0) is 23.4. The third-order valence-electron chi connectivity index (χ3n) is 4.87. The number of nitrogens with one attached hydrogen (secondary N) is 1. The summed E-state index contributed by atoms with van der Waals surface area (Å²) in [6.07, 6.45) is 0.00275. The highest BCUT2D eigenvalue weighted by molar-refractivity contribution is 6.01. The van der Waals surface area contributed by atoms with Crippen molar-refractivity contribution in [3.8, 4) is 5.75 Å². The second-order valence-corrected chi connectivity index (χ2v) is 8.28. The summed E-state index contributed by atoms with van der Waals surface area (Å²) in [7, 11) is 0. The van der Waals surface area contributed by atoms with Crippen LogP contribution in [0.1, 0.15) is 36.8 Å². The van der Waals surface area contributed by atoms with Gasteiger partial charge in [-0.25, -0.2) is 22.8 Å². The fraction of sp³-hybridized carbons (Fsp3) is 0.273. The van der Waals surface area contributed by atoms with Gasteiger partial charge in [0.25, 0.3) is 0 Å². The monoisotopic (exact) mass is 450 g/mol. The maximum absolute atomic E-state index is 13.8. The van der Waals surface area contributed by atoms with Crippen molar-refractivity contribution in [3.63, 3.8) is 0 Å². The smallest absolute Gasteiger partial charge is 0.414 e. The zero-order valence-corrected chi connectivity index (χ0v) is 17.3. The number of carbonyl (C=O) groups is 2. The number of esters is 1. The van der Waals surface area contributed by atoms with Gasteiger partial charge in [0.2, 0.25) is 11.6 Å². The number of anilines is 1. The summed E-state index contributed by atoms with van der Waals surface area (Å²) in [5.74, 6) is -9.79. The molecule has 6 nitrogen and oxygen atoms in total. The van der Waals surface area contributed by atoms with Gasteiger partial charge in [-0.15, -0.1) is 0 Å². The van der Waals surface area contributed by atoms with Gasteiger partial charge in [0.1, 0.15) is 11.3 Å². The van der Waals surface area contributed by atoms with Crippen LogP contribution in [-0.4, -0.2) is 29.2 Å². The van der Waals surface area contributed by atoms with Crippen molar-refractivity contribution in [2.45, 2.75) is 32.8 Å². The highest BCUT2D eigenvalue weighted by Crippen LogP contribution is 2.36. The van der Waals surface area contributed by atoms with E-state index in [9.17, 15) is 27.2 Å². The van der Waals surface area contributed by atoms with Crippen LogP contribution < -0.4 is 9.64 Å². The van der Waals surface area contributed by atoms with Gasteiger partial charge in [-0.3, -0.25) is 4.90 Å². The van der Waals surface area contributed by atoms with Crippen molar-refractivity contribution in [3.05, 3.63) is 58.8 Å². The second kappa shape index (κ2) is 7.54. The fourth-order valence-corrected chi connectivity index (χ4v) is 3.51. The van der Waals surface area contributed by atoms with Gasteiger partial charge in [0.05, 0.1) is 5.69 Å². The number of aromatic nitrogens is 1. The fourth-order valence-electron chi connectivity index (χ4n) is 3.51. The average Bonchev–Trinajstić information content (AvgIpc) is 3.32. The molecule has 10 heteroatoms. The number of hydrogen-bond acceptors (Lipinski definition) is 4. The Morgan fingerprint density at radius 1 is 1.03 bits per heavy atom. The van der Waals surface area contributed by atoms with Crippen LogP contribution in [0.25, 0.3) is 10.9 Å². The number of hydrogen-bond donors (Lipinski definition) is 1. The van der Waals surface area contributed by atoms with Crippen LogP contribution in [0.3, 0.4) is 0 Å². The molecule has 1 N–H and O–H groups in total. The van der Waals surface area contributed by atoms with Gasteiger partial charge in [0.15, 0.2) is 17.4 Å². The van der Waals surface area contributed by atoms with Crippen molar-refractivity contribution in [2.24, 2.45) is 0 Å². The number of H-pyrrole nitrogens is 1. The molecular formula is C22H18F4N2O4. The molecule has 2 heterocycles. The largest absolute Gasteiger partial charge is 0.443 e. The van der Waals surface area contributed by atoms with E-state index in [1.807, 2.05) is 0 Å². The van der Waals surface area contributed by atoms with Crippen molar-refractivity contribution in [1.29, 1.82) is 0 Å². The van der Waals surface area contributed by atoms with Gasteiger partial charge in [0, 0.05) is 23.5 Å². The molecule has 1 aromatic heterocycles. The quantitative estimate of drug-likeness (QED) is 0.191. The van der Waals surface area contributed by atoms with E-state index in [0.29, 0.717) is 29.6 Å². The Morgan fingerprint density at radius 3 is 2.44 bits per heavy atom. The number of rotatable bonds is 2. The molecule has 0 spiro atoms. The summed E-state index contributed by atoms with van der Waals surface area (Å²) in [6, 6.07) is 5.03. The van der Waals surface area contributed by atoms with E-state index in [2.05, 4.69) is 4.98 Å². The summed E-state index contributed by atoms with van der Waals surface area (Å²) in [5, 5.41) is 0.623. The molecule has 0 aliphatic carbocycles. The molecule has 168 valence electrons. The normalized spacial score (nSPS) is 13.4. The molecule has 0 bridgehead atoms. The second-order valence-electron chi connectivity index (χ2n) is 8.28. The van der Waals surface area contributed by atoms with Crippen LogP contribution >= 0.6 is 0 Å². The molecule has 0 radical (unpaired) electrons. The van der Waals surface area contributed by atoms with Gasteiger partial charge < -0.3 is 14.5 Å². The van der Waals surface area contributed by atoms with Crippen molar-refractivity contribution < 1.29 is 36.6 Å². The molecule has 1 aliphatic heterocycles. The molecular weight excluding hydrogens is 432 g/mol. The minimum atomic E-state index is -2.08. The van der Waals surface area contributed by atoms with E-state index in [0.717, 1.165) is 5.56 Å². The summed E-state index contributed by atoms with van der Waals surface area (Å²) < 4.78 is 63.8. The van der Waals surface area contributed by atoms with E-state index < -0.39 is 46.7 Å². The number of benzene rings is 2. The third kappa shape index (κ3) is 3.76. The number of amides is 1. The molecule has 1 aliphatic rings. The Morgan fingerprint density at radius 2 is 1.75 bits per heavy atom. The Kier molecular flexibility index (Phi) is 5.10. The zero-order valence-electron chi connectivity index (χ0n) is 17.3. The molecule has 1 amide bonds. The molecule has 0 saturated heterocycles. The number of carbonyl (C=O) groups excluding carboxylic acids is 2. The highest BCUT2D eigenvalue weighted by Gasteiger charge is 2.31. The molecule has 0 unspecified atom stereocenters. The van der Waals surface area contributed by atoms with E-state index >= 15 is 0 Å². The number of ether oxygens (including phenoxy) is 2. The van der Waals surface area contributed by atoms with Crippen LogP contribution in [0.4, 0.5) is 28.0 Å². The molecule has 3 aromatic rings. The molecule has 4 rings (SSSR count). The first-order valence-corrected chi connectivity index (χ1v) is 9.66. The minimum absolute atomic E-state index is 0.117. The van der Waals surface area contributed by atoms with E-state index in [4.69, 9.17) is 9.47 Å². The minimum Gasteiger partial charge on any atom is -0.443 e. The molecule has 2 aromatic carbocycles. The highest BCUT2D eigenvalue weighted by atomic mass is 19.2. The van der Waals surface area contributed by atoms with Crippen molar-refractivity contribution in [1.82, 2.24) is 4.98 Å². The number of fused-ring (bicyclic) bond motifs is 3. The van der Waals surface area contributed by atoms with Gasteiger partial charge >= 0.3 is 12.1 Å². The maximum Gasteiger partial charge on any atom is 0.414 e. The average molecular weight is 450 g/mol. The summed E-state index contributed by atoms with van der Waals surface area (Å²) in [4.78, 5) is 29.2. The van der Waals surface area contributed by atoms with Crippen LogP contribution in [0, 0.1) is 23.3 Å². The van der Waals surface area contributed by atoms with Gasteiger partial charge in [-0.2, -0.15) is 4.39 Å². The molecule has 0 saturated carbocycles. The molecule has 32 heavy (non-hydrogen) atoms. The van der Waals surface area contributed by atoms with Crippen molar-refractivity contribution >= 4 is 28.7 Å². The topological polar surface area (TPSA) is 71.6 Å². The Bertz CT molecular complexity index is 1260. The third-order valence-corrected chi connectivity index (χ3v) is 4.87. The van der Waals surface area contributed by atoms with E-state index in [1.165, 1.54) is 11.0 Å². The maximum atomic E-state index is 13.8. The first-order valence-electron chi connectivity index (χ1n) is 9.66. The van der Waals surface area contributed by atoms with Gasteiger partial charge in [-0.05, 0) is 51.0 Å². The standard InChI is InChI=1S/C22H18F4N2O4/c1-22(2,3)32-21(30)28-7-6-10-11-8-14(27-13(11)4-5-15(10)28)20(29)31-16-9-12(23)17(24)19(26)18(16)25/h4-5,8-9,27H,6-7H2,1-3H3. The summed E-state index contributed by atoms with van der Waals surface area (Å²) in [5.41, 5.74) is 1.17. The lowest BCUT2D eigenvalue weighted by Crippen LogP contribution is -2.35. The first-order chi connectivity index (χ1) is 15.0. The van der Waals surface area contributed by atoms with E-state index in [-0.39, 0.29) is 11.8 Å². The summed E-state index contributed by atoms with van der Waals surface area (Å²) in [6.45, 7) is 5.66. The summed E-state index contributed by atoms with van der Waals surface area (Å²) >= 11 is 0. The van der Waals surface area contributed by atoms with Crippen LogP contribution in [0.2, 0.25) is 0 Å².